The van der Waals surface area contributed by atoms with Gasteiger partial charge < -0.3 is 10.6 Å². The molecule has 0 aliphatic carbocycles. The maximum absolute atomic E-state index is 8.85. The maximum Gasteiger partial charge on any atom is 0.226 e. The monoisotopic (exact) mass is 217 g/mol. The van der Waals surface area contributed by atoms with Gasteiger partial charge >= 0.3 is 0 Å². The molecule has 1 fully saturated rings. The number of aromatic nitrogens is 2. The second-order valence-electron chi connectivity index (χ2n) is 4.15. The number of nitrogens with two attached hydrogens (primary N) is 1. The van der Waals surface area contributed by atoms with Gasteiger partial charge in [-0.3, -0.25) is 0 Å². The highest BCUT2D eigenvalue weighted by Crippen LogP contribution is 2.15. The fourth-order valence-corrected chi connectivity index (χ4v) is 1.94. The van der Waals surface area contributed by atoms with Crippen LogP contribution in [0, 0.1) is 18.3 Å². The van der Waals surface area contributed by atoms with Gasteiger partial charge in [0.1, 0.15) is 11.8 Å². The highest BCUT2D eigenvalue weighted by atomic mass is 15.3. The van der Waals surface area contributed by atoms with Gasteiger partial charge in [-0.25, -0.2) is 9.97 Å². The lowest BCUT2D eigenvalue weighted by atomic mass is 10.1. The Morgan fingerprint density at radius 1 is 1.56 bits per heavy atom. The highest BCUT2D eigenvalue weighted by molar-refractivity contribution is 5.36. The van der Waals surface area contributed by atoms with Crippen molar-refractivity contribution in [2.45, 2.75) is 25.8 Å². The van der Waals surface area contributed by atoms with Crippen LogP contribution in [0.3, 0.4) is 0 Å². The summed E-state index contributed by atoms with van der Waals surface area (Å²) >= 11 is 0. The van der Waals surface area contributed by atoms with Crippen molar-refractivity contribution in [3.05, 3.63) is 17.5 Å². The van der Waals surface area contributed by atoms with E-state index in [1.165, 1.54) is 0 Å². The maximum atomic E-state index is 8.85. The smallest absolute Gasteiger partial charge is 0.226 e. The van der Waals surface area contributed by atoms with E-state index in [-0.39, 0.29) is 6.04 Å². The van der Waals surface area contributed by atoms with Crippen LogP contribution in [-0.4, -0.2) is 29.1 Å². The summed E-state index contributed by atoms with van der Waals surface area (Å²) in [6, 6.07) is 3.92. The third-order valence-corrected chi connectivity index (χ3v) is 2.70. The Bertz CT molecular complexity index is 423. The molecule has 5 nitrogen and oxygen atoms in total. The molecular weight excluding hydrogens is 202 g/mol. The SMILES string of the molecule is Cc1cc(C#N)nc(N2CCC[C@@H](N)C2)n1. The van der Waals surface area contributed by atoms with Crippen LogP contribution in [0.4, 0.5) is 5.95 Å². The minimum atomic E-state index is 0.184. The number of piperidine rings is 1. The molecule has 0 saturated carbocycles. The van der Waals surface area contributed by atoms with Gasteiger partial charge in [-0.2, -0.15) is 5.26 Å². The molecule has 84 valence electrons. The van der Waals surface area contributed by atoms with Gasteiger partial charge in [-0.15, -0.1) is 0 Å². The lowest BCUT2D eigenvalue weighted by molar-refractivity contribution is 0.499. The van der Waals surface area contributed by atoms with Crippen molar-refractivity contribution in [1.82, 2.24) is 9.97 Å². The molecule has 1 aliphatic rings. The average molecular weight is 217 g/mol. The largest absolute Gasteiger partial charge is 0.339 e. The van der Waals surface area contributed by atoms with Crippen LogP contribution in [0.2, 0.25) is 0 Å². The van der Waals surface area contributed by atoms with Crippen molar-refractivity contribution < 1.29 is 0 Å². The highest BCUT2D eigenvalue weighted by Gasteiger charge is 2.19. The first kappa shape index (κ1) is 10.8. The van der Waals surface area contributed by atoms with Gasteiger partial charge in [0.25, 0.3) is 0 Å². The van der Waals surface area contributed by atoms with Crippen LogP contribution in [0.15, 0.2) is 6.07 Å². The second-order valence-corrected chi connectivity index (χ2v) is 4.15. The molecule has 0 spiro atoms. The minimum absolute atomic E-state index is 0.184. The number of aryl methyl sites for hydroxylation is 1. The number of anilines is 1. The topological polar surface area (TPSA) is 78.8 Å². The molecule has 0 radical (unpaired) electrons. The molecule has 5 heteroatoms. The minimum Gasteiger partial charge on any atom is -0.339 e. The summed E-state index contributed by atoms with van der Waals surface area (Å²) in [5.41, 5.74) is 7.15. The first-order valence-electron chi connectivity index (χ1n) is 5.45. The normalized spacial score (nSPS) is 20.6. The van der Waals surface area contributed by atoms with E-state index in [1.54, 1.807) is 6.07 Å². The summed E-state index contributed by atoms with van der Waals surface area (Å²) in [7, 11) is 0. The van der Waals surface area contributed by atoms with E-state index in [0.29, 0.717) is 11.6 Å². The van der Waals surface area contributed by atoms with Crippen LogP contribution < -0.4 is 10.6 Å². The van der Waals surface area contributed by atoms with E-state index < -0.39 is 0 Å². The van der Waals surface area contributed by atoms with Crippen molar-refractivity contribution in [1.29, 1.82) is 5.26 Å². The zero-order valence-corrected chi connectivity index (χ0v) is 9.35. The fraction of sp³-hybridized carbons (Fsp3) is 0.545. The fourth-order valence-electron chi connectivity index (χ4n) is 1.94. The van der Waals surface area contributed by atoms with Crippen molar-refractivity contribution in [2.24, 2.45) is 5.73 Å². The predicted molar refractivity (Wildman–Crippen MR) is 60.9 cm³/mol. The van der Waals surface area contributed by atoms with Gasteiger partial charge in [0, 0.05) is 24.8 Å². The first-order chi connectivity index (χ1) is 7.69. The van der Waals surface area contributed by atoms with E-state index in [0.717, 1.165) is 31.6 Å². The molecule has 0 amide bonds. The van der Waals surface area contributed by atoms with Crippen LogP contribution in [0.25, 0.3) is 0 Å². The van der Waals surface area contributed by atoms with Gasteiger partial charge in [0.05, 0.1) is 0 Å². The second kappa shape index (κ2) is 4.45. The zero-order valence-electron chi connectivity index (χ0n) is 9.35. The third-order valence-electron chi connectivity index (χ3n) is 2.70. The molecule has 0 aromatic carbocycles. The number of nitriles is 1. The Kier molecular flexibility index (Phi) is 3.02. The standard InChI is InChI=1S/C11H15N5/c1-8-5-10(6-12)15-11(14-8)16-4-2-3-9(13)7-16/h5,9H,2-4,7,13H2,1H3/t9-/m1/s1. The molecule has 1 saturated heterocycles. The Balaban J connectivity index is 2.26. The van der Waals surface area contributed by atoms with Crippen LogP contribution in [0.1, 0.15) is 24.2 Å². The Morgan fingerprint density at radius 2 is 2.38 bits per heavy atom. The molecule has 2 heterocycles. The van der Waals surface area contributed by atoms with Crippen molar-refractivity contribution >= 4 is 5.95 Å². The predicted octanol–water partition coefficient (Wildman–Crippen LogP) is 0.584. The van der Waals surface area contributed by atoms with Gasteiger partial charge in [0.15, 0.2) is 0 Å². The summed E-state index contributed by atoms with van der Waals surface area (Å²) in [4.78, 5) is 10.6. The molecule has 16 heavy (non-hydrogen) atoms. The summed E-state index contributed by atoms with van der Waals surface area (Å²) in [5.74, 6) is 0.631. The van der Waals surface area contributed by atoms with Crippen molar-refractivity contribution in [3.8, 4) is 6.07 Å². The van der Waals surface area contributed by atoms with Crippen LogP contribution in [-0.2, 0) is 0 Å². The summed E-state index contributed by atoms with van der Waals surface area (Å²) in [6.07, 6.45) is 2.10. The van der Waals surface area contributed by atoms with Crippen LogP contribution >= 0.6 is 0 Å². The van der Waals surface area contributed by atoms with E-state index in [1.807, 2.05) is 13.0 Å². The number of nitrogens with zero attached hydrogens (tertiary/aromatic N) is 4. The molecular formula is C11H15N5. The molecule has 0 unspecified atom stereocenters. The molecule has 0 bridgehead atoms. The third kappa shape index (κ3) is 2.28. The van der Waals surface area contributed by atoms with E-state index in [2.05, 4.69) is 14.9 Å². The zero-order chi connectivity index (χ0) is 11.5. The molecule has 2 rings (SSSR count). The van der Waals surface area contributed by atoms with Gasteiger partial charge in [-0.05, 0) is 25.8 Å². The Hall–Kier alpha value is -1.67. The summed E-state index contributed by atoms with van der Waals surface area (Å²) < 4.78 is 0. The molecule has 1 aromatic heterocycles. The quantitative estimate of drug-likeness (QED) is 0.744. The number of hydrogen-bond acceptors (Lipinski definition) is 5. The van der Waals surface area contributed by atoms with E-state index in [9.17, 15) is 0 Å². The lowest BCUT2D eigenvalue weighted by Crippen LogP contribution is -2.43. The molecule has 1 aromatic rings. The van der Waals surface area contributed by atoms with Crippen molar-refractivity contribution in [3.63, 3.8) is 0 Å². The van der Waals surface area contributed by atoms with E-state index >= 15 is 0 Å². The summed E-state index contributed by atoms with van der Waals surface area (Å²) in [6.45, 7) is 3.56. The van der Waals surface area contributed by atoms with E-state index in [4.69, 9.17) is 11.0 Å². The Labute approximate surface area is 94.9 Å². The first-order valence-corrected chi connectivity index (χ1v) is 5.45. The number of rotatable bonds is 1. The Morgan fingerprint density at radius 3 is 3.06 bits per heavy atom. The summed E-state index contributed by atoms with van der Waals surface area (Å²) in [5, 5.41) is 8.85. The molecule has 1 aliphatic heterocycles. The van der Waals surface area contributed by atoms with Gasteiger partial charge in [0.2, 0.25) is 5.95 Å². The average Bonchev–Trinajstić information content (AvgIpc) is 2.28. The van der Waals surface area contributed by atoms with Gasteiger partial charge in [-0.1, -0.05) is 0 Å². The lowest BCUT2D eigenvalue weighted by Gasteiger charge is -2.30. The molecule has 2 N–H and O–H groups in total. The molecule has 1 atom stereocenters. The van der Waals surface area contributed by atoms with Crippen LogP contribution in [0.5, 0.6) is 0 Å². The number of hydrogen-bond donors (Lipinski definition) is 1. The van der Waals surface area contributed by atoms with Crippen molar-refractivity contribution in [2.75, 3.05) is 18.0 Å².